The minimum Gasteiger partial charge on any atom is -0.194 e. The van der Waals surface area contributed by atoms with E-state index in [1.54, 1.807) is 0 Å². The molecular weight excluding hydrogens is 232 g/mol. The van der Waals surface area contributed by atoms with E-state index >= 15 is 0 Å². The highest BCUT2D eigenvalue weighted by molar-refractivity contribution is 5.76. The maximum absolute atomic E-state index is 9.02. The van der Waals surface area contributed by atoms with Gasteiger partial charge in [-0.25, -0.2) is 0 Å². The molecule has 90 valence electrons. The van der Waals surface area contributed by atoms with E-state index in [0.29, 0.717) is 5.56 Å². The van der Waals surface area contributed by atoms with Crippen LogP contribution in [0.3, 0.4) is 0 Å². The highest BCUT2D eigenvalue weighted by Gasteiger charge is 2.09. The van der Waals surface area contributed by atoms with Crippen molar-refractivity contribution in [3.8, 4) is 6.07 Å². The zero-order chi connectivity index (χ0) is 13.1. The first kappa shape index (κ1) is 11.4. The Kier molecular flexibility index (Phi) is 2.96. The van der Waals surface area contributed by atoms with Crippen LogP contribution in [0.25, 0.3) is 10.9 Å². The molecule has 3 rings (SSSR count). The molecule has 2 nitrogen and oxygen atoms in total. The molecule has 0 aliphatic carbocycles. The quantitative estimate of drug-likeness (QED) is 0.638. The molecular formula is C17H13N2+. The highest BCUT2D eigenvalue weighted by atomic mass is 14.9. The van der Waals surface area contributed by atoms with Crippen molar-refractivity contribution >= 4 is 10.9 Å². The molecule has 0 radical (unpaired) electrons. The van der Waals surface area contributed by atoms with Gasteiger partial charge in [-0.05, 0) is 18.2 Å². The SMILES string of the molecule is N#Cc1ccc2ccc[n+](Cc3ccccc3)c2c1. The molecule has 0 fully saturated rings. The van der Waals surface area contributed by atoms with Gasteiger partial charge >= 0.3 is 0 Å². The van der Waals surface area contributed by atoms with Crippen molar-refractivity contribution in [2.45, 2.75) is 6.54 Å². The zero-order valence-corrected chi connectivity index (χ0v) is 10.5. The van der Waals surface area contributed by atoms with Crippen LogP contribution in [0.2, 0.25) is 0 Å². The summed E-state index contributed by atoms with van der Waals surface area (Å²) in [7, 11) is 0. The molecule has 0 N–H and O–H groups in total. The highest BCUT2D eigenvalue weighted by Crippen LogP contribution is 2.12. The van der Waals surface area contributed by atoms with Crippen LogP contribution in [0, 0.1) is 11.3 Å². The smallest absolute Gasteiger partial charge is 0.194 e. The number of hydrogen-bond acceptors (Lipinski definition) is 1. The van der Waals surface area contributed by atoms with Gasteiger partial charge in [0.15, 0.2) is 12.7 Å². The van der Waals surface area contributed by atoms with E-state index in [2.05, 4.69) is 35.0 Å². The van der Waals surface area contributed by atoms with E-state index in [4.69, 9.17) is 5.26 Å². The number of hydrogen-bond donors (Lipinski definition) is 0. The molecule has 1 heterocycles. The summed E-state index contributed by atoms with van der Waals surface area (Å²) in [6.07, 6.45) is 2.05. The maximum Gasteiger partial charge on any atom is 0.214 e. The van der Waals surface area contributed by atoms with Gasteiger partial charge in [-0.2, -0.15) is 9.83 Å². The van der Waals surface area contributed by atoms with Crippen molar-refractivity contribution in [1.29, 1.82) is 5.26 Å². The number of nitriles is 1. The Balaban J connectivity index is 2.11. The van der Waals surface area contributed by atoms with Crippen LogP contribution in [0.5, 0.6) is 0 Å². The van der Waals surface area contributed by atoms with E-state index in [9.17, 15) is 0 Å². The lowest BCUT2D eigenvalue weighted by Gasteiger charge is -2.02. The van der Waals surface area contributed by atoms with E-state index in [1.807, 2.05) is 42.5 Å². The number of pyridine rings is 1. The van der Waals surface area contributed by atoms with Crippen LogP contribution in [-0.4, -0.2) is 0 Å². The summed E-state index contributed by atoms with van der Waals surface area (Å²) < 4.78 is 2.17. The Bertz CT molecular complexity index is 755. The second-order valence-corrected chi connectivity index (χ2v) is 4.51. The molecule has 2 heteroatoms. The molecule has 19 heavy (non-hydrogen) atoms. The number of benzene rings is 2. The summed E-state index contributed by atoms with van der Waals surface area (Å²) in [6, 6.07) is 22.4. The number of nitrogens with zero attached hydrogens (tertiary/aromatic N) is 2. The third-order valence-electron chi connectivity index (χ3n) is 3.21. The van der Waals surface area contributed by atoms with E-state index < -0.39 is 0 Å². The van der Waals surface area contributed by atoms with Crippen LogP contribution in [0.15, 0.2) is 66.9 Å². The van der Waals surface area contributed by atoms with Crippen LogP contribution in [0.1, 0.15) is 11.1 Å². The fourth-order valence-corrected chi connectivity index (χ4v) is 2.25. The summed E-state index contributed by atoms with van der Waals surface area (Å²) >= 11 is 0. The molecule has 0 spiro atoms. The summed E-state index contributed by atoms with van der Waals surface area (Å²) in [4.78, 5) is 0. The summed E-state index contributed by atoms with van der Waals surface area (Å²) in [5, 5.41) is 10.2. The van der Waals surface area contributed by atoms with Gasteiger partial charge in [0, 0.05) is 23.1 Å². The van der Waals surface area contributed by atoms with Crippen molar-refractivity contribution in [2.75, 3.05) is 0 Å². The fraction of sp³-hybridized carbons (Fsp3) is 0.0588. The monoisotopic (exact) mass is 245 g/mol. The maximum atomic E-state index is 9.02. The molecule has 0 saturated heterocycles. The van der Waals surface area contributed by atoms with E-state index in [0.717, 1.165) is 17.4 Å². The van der Waals surface area contributed by atoms with Gasteiger partial charge in [0.1, 0.15) is 0 Å². The minimum atomic E-state index is 0.695. The van der Waals surface area contributed by atoms with Gasteiger partial charge in [0.2, 0.25) is 5.52 Å². The van der Waals surface area contributed by atoms with Crippen molar-refractivity contribution in [1.82, 2.24) is 0 Å². The molecule has 0 bridgehead atoms. The van der Waals surface area contributed by atoms with Crippen molar-refractivity contribution in [2.24, 2.45) is 0 Å². The minimum absolute atomic E-state index is 0.695. The third-order valence-corrected chi connectivity index (χ3v) is 3.21. The van der Waals surface area contributed by atoms with Crippen molar-refractivity contribution < 1.29 is 4.57 Å². The Morgan fingerprint density at radius 1 is 0.947 bits per heavy atom. The van der Waals surface area contributed by atoms with Gasteiger partial charge < -0.3 is 0 Å². The zero-order valence-electron chi connectivity index (χ0n) is 10.5. The molecule has 0 amide bonds. The molecule has 0 atom stereocenters. The lowest BCUT2D eigenvalue weighted by molar-refractivity contribution is -0.662. The molecule has 3 aromatic rings. The van der Waals surface area contributed by atoms with Crippen LogP contribution >= 0.6 is 0 Å². The standard InChI is InChI=1S/C17H13N2/c18-12-15-8-9-16-7-4-10-19(17(16)11-15)13-14-5-2-1-3-6-14/h1-11H,13H2/q+1. The Hall–Kier alpha value is -2.66. The Morgan fingerprint density at radius 3 is 2.58 bits per heavy atom. The first-order valence-electron chi connectivity index (χ1n) is 6.23. The Morgan fingerprint density at radius 2 is 1.79 bits per heavy atom. The lowest BCUT2D eigenvalue weighted by Crippen LogP contribution is -2.34. The average molecular weight is 245 g/mol. The largest absolute Gasteiger partial charge is 0.214 e. The lowest BCUT2D eigenvalue weighted by atomic mass is 10.1. The van der Waals surface area contributed by atoms with Crippen molar-refractivity contribution in [3.05, 3.63) is 78.0 Å². The number of fused-ring (bicyclic) bond motifs is 1. The van der Waals surface area contributed by atoms with Crippen LogP contribution < -0.4 is 4.57 Å². The van der Waals surface area contributed by atoms with Gasteiger partial charge in [-0.1, -0.05) is 30.3 Å². The molecule has 0 unspecified atom stereocenters. The van der Waals surface area contributed by atoms with Crippen molar-refractivity contribution in [3.63, 3.8) is 0 Å². The first-order valence-corrected chi connectivity index (χ1v) is 6.23. The van der Waals surface area contributed by atoms with Gasteiger partial charge in [-0.3, -0.25) is 0 Å². The molecule has 0 aliphatic heterocycles. The second kappa shape index (κ2) is 4.91. The van der Waals surface area contributed by atoms with E-state index in [-0.39, 0.29) is 0 Å². The van der Waals surface area contributed by atoms with Gasteiger partial charge in [0.05, 0.1) is 11.6 Å². The Labute approximate surface area is 112 Å². The fourth-order valence-electron chi connectivity index (χ4n) is 2.25. The van der Waals surface area contributed by atoms with Gasteiger partial charge in [-0.15, -0.1) is 0 Å². The molecule has 2 aromatic carbocycles. The van der Waals surface area contributed by atoms with Gasteiger partial charge in [0.25, 0.3) is 0 Å². The van der Waals surface area contributed by atoms with Crippen LogP contribution in [0.4, 0.5) is 0 Å². The summed E-state index contributed by atoms with van der Waals surface area (Å²) in [5.74, 6) is 0. The summed E-state index contributed by atoms with van der Waals surface area (Å²) in [6.45, 7) is 0.813. The first-order chi connectivity index (χ1) is 9.36. The topological polar surface area (TPSA) is 27.7 Å². The predicted octanol–water partition coefficient (Wildman–Crippen LogP) is 3.05. The molecule has 0 saturated carbocycles. The average Bonchev–Trinajstić information content (AvgIpc) is 2.48. The number of rotatable bonds is 2. The van der Waals surface area contributed by atoms with Crippen LogP contribution in [-0.2, 0) is 6.54 Å². The molecule has 0 aliphatic rings. The predicted molar refractivity (Wildman–Crippen MR) is 74.4 cm³/mol. The number of aromatic nitrogens is 1. The second-order valence-electron chi connectivity index (χ2n) is 4.51. The third kappa shape index (κ3) is 2.31. The van der Waals surface area contributed by atoms with E-state index in [1.165, 1.54) is 5.56 Å². The summed E-state index contributed by atoms with van der Waals surface area (Å²) in [5.41, 5.74) is 3.04. The normalized spacial score (nSPS) is 10.3. The molecule has 1 aromatic heterocycles.